The van der Waals surface area contributed by atoms with Gasteiger partial charge in [-0.3, -0.25) is 19.6 Å². The Labute approximate surface area is 184 Å². The molecule has 0 spiro atoms. The molecule has 2 N–H and O–H groups in total. The van der Waals surface area contributed by atoms with Gasteiger partial charge in [-0.25, -0.2) is 9.59 Å². The molecule has 0 unspecified atom stereocenters. The summed E-state index contributed by atoms with van der Waals surface area (Å²) in [6.45, 7) is 1.93. The van der Waals surface area contributed by atoms with Gasteiger partial charge in [-0.1, -0.05) is 42.5 Å². The first kappa shape index (κ1) is 21.4. The molecule has 2 aromatic carbocycles. The van der Waals surface area contributed by atoms with Crippen LogP contribution in [0.5, 0.6) is 0 Å². The van der Waals surface area contributed by atoms with Gasteiger partial charge in [-0.05, 0) is 43.9 Å². The third kappa shape index (κ3) is 4.27. The first-order chi connectivity index (χ1) is 15.4. The van der Waals surface area contributed by atoms with E-state index in [0.29, 0.717) is 30.4 Å². The van der Waals surface area contributed by atoms with Crippen LogP contribution in [0.2, 0.25) is 0 Å². The van der Waals surface area contributed by atoms with Gasteiger partial charge < -0.3 is 9.73 Å². The molecule has 4 rings (SSSR count). The SMILES string of the molecule is C[C@]1(CCc2ccccc2)NC(=O)N(NC(=O)CCCn2c(=O)oc3ccccc32)C1=O. The van der Waals surface area contributed by atoms with E-state index in [2.05, 4.69) is 10.7 Å². The van der Waals surface area contributed by atoms with Crippen molar-refractivity contribution in [1.29, 1.82) is 0 Å². The van der Waals surface area contributed by atoms with E-state index in [1.165, 1.54) is 4.57 Å². The van der Waals surface area contributed by atoms with E-state index >= 15 is 0 Å². The lowest BCUT2D eigenvalue weighted by Gasteiger charge is -2.21. The number of hydrazine groups is 1. The van der Waals surface area contributed by atoms with Crippen LogP contribution in [-0.4, -0.2) is 33.0 Å². The topological polar surface area (TPSA) is 114 Å². The van der Waals surface area contributed by atoms with Crippen molar-refractivity contribution in [2.45, 2.75) is 44.7 Å². The smallest absolute Gasteiger partial charge is 0.408 e. The number of urea groups is 1. The zero-order valence-corrected chi connectivity index (χ0v) is 17.7. The highest BCUT2D eigenvalue weighted by Gasteiger charge is 2.48. The second-order valence-corrected chi connectivity index (χ2v) is 8.01. The molecule has 0 saturated carbocycles. The van der Waals surface area contributed by atoms with Crippen molar-refractivity contribution in [2.75, 3.05) is 0 Å². The standard InChI is InChI=1S/C23H24N4O5/c1-23(14-13-16-8-3-2-4-9-16)20(29)27(21(30)24-23)25-19(28)12-7-15-26-17-10-5-6-11-18(17)32-22(26)31/h2-6,8-11H,7,12-15H2,1H3,(H,24,30)(H,25,28)/t23-/m1/s1. The highest BCUT2D eigenvalue weighted by Crippen LogP contribution is 2.22. The minimum Gasteiger partial charge on any atom is -0.408 e. The molecule has 1 atom stereocenters. The molecule has 1 aliphatic rings. The first-order valence-corrected chi connectivity index (χ1v) is 10.5. The number of rotatable bonds is 8. The van der Waals surface area contributed by atoms with Crippen molar-refractivity contribution in [1.82, 2.24) is 20.3 Å². The second-order valence-electron chi connectivity index (χ2n) is 8.01. The fourth-order valence-corrected chi connectivity index (χ4v) is 3.80. The predicted octanol–water partition coefficient (Wildman–Crippen LogP) is 2.35. The van der Waals surface area contributed by atoms with E-state index in [0.717, 1.165) is 10.6 Å². The number of aryl methyl sites for hydroxylation is 2. The average Bonchev–Trinajstić information content (AvgIpc) is 3.21. The number of hydrogen-bond donors (Lipinski definition) is 2. The Morgan fingerprint density at radius 1 is 1.06 bits per heavy atom. The van der Waals surface area contributed by atoms with E-state index in [-0.39, 0.29) is 13.0 Å². The van der Waals surface area contributed by atoms with Gasteiger partial charge in [0.05, 0.1) is 5.52 Å². The molecule has 2 heterocycles. The number of imide groups is 1. The molecule has 0 bridgehead atoms. The van der Waals surface area contributed by atoms with Crippen LogP contribution in [0, 0.1) is 0 Å². The van der Waals surface area contributed by atoms with Gasteiger partial charge in [0.25, 0.3) is 5.91 Å². The zero-order valence-electron chi connectivity index (χ0n) is 17.7. The summed E-state index contributed by atoms with van der Waals surface area (Å²) in [7, 11) is 0. The van der Waals surface area contributed by atoms with Crippen LogP contribution in [0.15, 0.2) is 63.8 Å². The molecule has 1 aromatic heterocycles. The maximum absolute atomic E-state index is 12.8. The lowest BCUT2D eigenvalue weighted by molar-refractivity contribution is -0.138. The number of aromatic nitrogens is 1. The van der Waals surface area contributed by atoms with Gasteiger partial charge in [0.15, 0.2) is 5.58 Å². The summed E-state index contributed by atoms with van der Waals surface area (Å²) in [5.74, 6) is -1.47. The van der Waals surface area contributed by atoms with E-state index in [4.69, 9.17) is 4.42 Å². The summed E-state index contributed by atoms with van der Waals surface area (Å²) in [5, 5.41) is 3.42. The maximum Gasteiger partial charge on any atom is 0.419 e. The number of nitrogens with one attached hydrogen (secondary N) is 2. The molecule has 32 heavy (non-hydrogen) atoms. The van der Waals surface area contributed by atoms with E-state index in [9.17, 15) is 19.2 Å². The molecule has 1 aliphatic heterocycles. The van der Waals surface area contributed by atoms with Gasteiger partial charge in [-0.2, -0.15) is 5.01 Å². The third-order valence-electron chi connectivity index (χ3n) is 5.61. The number of fused-ring (bicyclic) bond motifs is 1. The fraction of sp³-hybridized carbons (Fsp3) is 0.304. The Hall–Kier alpha value is -3.88. The van der Waals surface area contributed by atoms with Crippen LogP contribution in [-0.2, 0) is 22.6 Å². The molecular weight excluding hydrogens is 412 g/mol. The Balaban J connectivity index is 1.31. The largest absolute Gasteiger partial charge is 0.419 e. The van der Waals surface area contributed by atoms with Crippen molar-refractivity contribution in [3.63, 3.8) is 0 Å². The quantitative estimate of drug-likeness (QED) is 0.526. The van der Waals surface area contributed by atoms with E-state index in [1.54, 1.807) is 31.2 Å². The van der Waals surface area contributed by atoms with Crippen LogP contribution in [0.1, 0.15) is 31.7 Å². The molecular formula is C23H24N4O5. The molecule has 0 aliphatic carbocycles. The Morgan fingerprint density at radius 3 is 2.56 bits per heavy atom. The number of nitrogens with zero attached hydrogens (tertiary/aromatic N) is 2. The molecule has 9 heteroatoms. The molecule has 9 nitrogen and oxygen atoms in total. The Kier molecular flexibility index (Phi) is 5.81. The molecule has 0 radical (unpaired) electrons. The predicted molar refractivity (Wildman–Crippen MR) is 116 cm³/mol. The first-order valence-electron chi connectivity index (χ1n) is 10.5. The van der Waals surface area contributed by atoms with Gasteiger partial charge in [0, 0.05) is 13.0 Å². The molecule has 166 valence electrons. The number of oxazole rings is 1. The zero-order chi connectivity index (χ0) is 22.7. The monoisotopic (exact) mass is 436 g/mol. The van der Waals surface area contributed by atoms with Crippen LogP contribution < -0.4 is 16.5 Å². The maximum atomic E-state index is 12.8. The van der Waals surface area contributed by atoms with Gasteiger partial charge >= 0.3 is 11.8 Å². The summed E-state index contributed by atoms with van der Waals surface area (Å²) < 4.78 is 6.63. The Morgan fingerprint density at radius 2 is 1.78 bits per heavy atom. The van der Waals surface area contributed by atoms with Crippen LogP contribution in [0.4, 0.5) is 4.79 Å². The Bertz CT molecular complexity index is 1220. The lowest BCUT2D eigenvalue weighted by atomic mass is 9.93. The lowest BCUT2D eigenvalue weighted by Crippen LogP contribution is -2.48. The number of para-hydroxylation sites is 2. The molecule has 3 aromatic rings. The van der Waals surface area contributed by atoms with Crippen molar-refractivity contribution < 1.29 is 18.8 Å². The van der Waals surface area contributed by atoms with E-state index in [1.807, 2.05) is 30.3 Å². The highest BCUT2D eigenvalue weighted by molar-refractivity contribution is 6.07. The van der Waals surface area contributed by atoms with E-state index < -0.39 is 29.1 Å². The molecule has 1 fully saturated rings. The summed E-state index contributed by atoms with van der Waals surface area (Å²) in [5.41, 5.74) is 3.48. The third-order valence-corrected chi connectivity index (χ3v) is 5.61. The normalized spacial score (nSPS) is 18.2. The van der Waals surface area contributed by atoms with Gasteiger partial charge in [-0.15, -0.1) is 0 Å². The van der Waals surface area contributed by atoms with Crippen LogP contribution in [0.3, 0.4) is 0 Å². The number of amides is 4. The van der Waals surface area contributed by atoms with Gasteiger partial charge in [0.2, 0.25) is 5.91 Å². The highest BCUT2D eigenvalue weighted by atomic mass is 16.4. The van der Waals surface area contributed by atoms with Crippen LogP contribution in [0.25, 0.3) is 11.1 Å². The van der Waals surface area contributed by atoms with Crippen molar-refractivity contribution in [3.05, 3.63) is 70.7 Å². The second kappa shape index (κ2) is 8.70. The fourth-order valence-electron chi connectivity index (χ4n) is 3.80. The van der Waals surface area contributed by atoms with Crippen molar-refractivity contribution >= 4 is 28.9 Å². The minimum absolute atomic E-state index is 0.0315. The summed E-state index contributed by atoms with van der Waals surface area (Å²) in [6, 6.07) is 16.0. The molecule has 1 saturated heterocycles. The number of benzene rings is 2. The number of carbonyl (C=O) groups excluding carboxylic acids is 3. The summed E-state index contributed by atoms with van der Waals surface area (Å²) >= 11 is 0. The number of hydrogen-bond acceptors (Lipinski definition) is 5. The average molecular weight is 436 g/mol. The summed E-state index contributed by atoms with van der Waals surface area (Å²) in [4.78, 5) is 49.5. The van der Waals surface area contributed by atoms with Crippen molar-refractivity contribution in [3.8, 4) is 0 Å². The number of carbonyl (C=O) groups is 3. The van der Waals surface area contributed by atoms with Crippen molar-refractivity contribution in [2.24, 2.45) is 0 Å². The van der Waals surface area contributed by atoms with Crippen LogP contribution >= 0.6 is 0 Å². The molecule has 4 amide bonds. The minimum atomic E-state index is -1.09. The van der Waals surface area contributed by atoms with Gasteiger partial charge in [0.1, 0.15) is 5.54 Å². The summed E-state index contributed by atoms with van der Waals surface area (Å²) in [6.07, 6.45) is 1.39.